The lowest BCUT2D eigenvalue weighted by molar-refractivity contribution is -0.127. The number of ether oxygens (including phenoxy) is 1. The average molecular weight is 426 g/mol. The van der Waals surface area contributed by atoms with E-state index < -0.39 is 0 Å². The molecule has 1 saturated heterocycles. The molecule has 1 aliphatic heterocycles. The summed E-state index contributed by atoms with van der Waals surface area (Å²) in [4.78, 5) is 17.5. The molecule has 7 heteroatoms. The minimum absolute atomic E-state index is 0. The van der Waals surface area contributed by atoms with Crippen molar-refractivity contribution in [3.05, 3.63) is 0 Å². The SMILES string of the molecule is CCCCCNC(=NCC(=O)N(C)C)NCC1CCCO1.I. The quantitative estimate of drug-likeness (QED) is 0.268. The molecule has 22 heavy (non-hydrogen) atoms. The Bertz CT molecular complexity index is 332. The highest BCUT2D eigenvalue weighted by molar-refractivity contribution is 14.0. The van der Waals surface area contributed by atoms with Crippen molar-refractivity contribution in [2.45, 2.75) is 45.1 Å². The first-order chi connectivity index (χ1) is 10.1. The Kier molecular flexibility index (Phi) is 12.6. The number of carbonyl (C=O) groups excluding carboxylic acids is 1. The number of hydrogen-bond donors (Lipinski definition) is 2. The van der Waals surface area contributed by atoms with E-state index in [-0.39, 0.29) is 42.5 Å². The van der Waals surface area contributed by atoms with Crippen molar-refractivity contribution in [2.24, 2.45) is 4.99 Å². The van der Waals surface area contributed by atoms with Crippen molar-refractivity contribution in [3.8, 4) is 0 Å². The number of rotatable bonds is 8. The van der Waals surface area contributed by atoms with Crippen LogP contribution in [0, 0.1) is 0 Å². The largest absolute Gasteiger partial charge is 0.376 e. The minimum atomic E-state index is 0. The van der Waals surface area contributed by atoms with Crippen LogP contribution < -0.4 is 10.6 Å². The van der Waals surface area contributed by atoms with Crippen molar-refractivity contribution in [3.63, 3.8) is 0 Å². The fourth-order valence-corrected chi connectivity index (χ4v) is 2.06. The van der Waals surface area contributed by atoms with Crippen molar-refractivity contribution >= 4 is 35.8 Å². The number of amides is 1. The molecule has 1 fully saturated rings. The molecule has 6 nitrogen and oxygen atoms in total. The van der Waals surface area contributed by atoms with Crippen molar-refractivity contribution in [1.29, 1.82) is 0 Å². The predicted octanol–water partition coefficient (Wildman–Crippen LogP) is 1.60. The van der Waals surface area contributed by atoms with Gasteiger partial charge >= 0.3 is 0 Å². The van der Waals surface area contributed by atoms with E-state index in [0.717, 1.165) is 39.0 Å². The van der Waals surface area contributed by atoms with Gasteiger partial charge in [-0.1, -0.05) is 19.8 Å². The summed E-state index contributed by atoms with van der Waals surface area (Å²) >= 11 is 0. The van der Waals surface area contributed by atoms with Crippen LogP contribution in [0.1, 0.15) is 39.0 Å². The molecule has 0 saturated carbocycles. The van der Waals surface area contributed by atoms with Crippen LogP contribution in [0.4, 0.5) is 0 Å². The van der Waals surface area contributed by atoms with E-state index >= 15 is 0 Å². The molecule has 0 spiro atoms. The maximum absolute atomic E-state index is 11.6. The molecule has 1 atom stereocenters. The average Bonchev–Trinajstić information content (AvgIpc) is 2.98. The third-order valence-corrected chi connectivity index (χ3v) is 3.47. The molecule has 0 bridgehead atoms. The van der Waals surface area contributed by atoms with Gasteiger partial charge in [0, 0.05) is 33.8 Å². The summed E-state index contributed by atoms with van der Waals surface area (Å²) in [5.74, 6) is 0.707. The second-order valence-corrected chi connectivity index (χ2v) is 5.60. The molecular formula is C15H31IN4O2. The van der Waals surface area contributed by atoms with Crippen LogP contribution in [0.2, 0.25) is 0 Å². The van der Waals surface area contributed by atoms with Gasteiger partial charge in [-0.25, -0.2) is 4.99 Å². The summed E-state index contributed by atoms with van der Waals surface area (Å²) in [7, 11) is 3.48. The van der Waals surface area contributed by atoms with Gasteiger partial charge in [0.25, 0.3) is 0 Å². The van der Waals surface area contributed by atoms with Gasteiger partial charge in [-0.2, -0.15) is 0 Å². The highest BCUT2D eigenvalue weighted by atomic mass is 127. The van der Waals surface area contributed by atoms with Gasteiger partial charge in [-0.05, 0) is 19.3 Å². The number of hydrogen-bond acceptors (Lipinski definition) is 3. The van der Waals surface area contributed by atoms with Gasteiger partial charge in [0.05, 0.1) is 6.10 Å². The van der Waals surface area contributed by atoms with Gasteiger partial charge in [-0.3, -0.25) is 4.79 Å². The van der Waals surface area contributed by atoms with Crippen LogP contribution in [0.3, 0.4) is 0 Å². The normalized spacial score (nSPS) is 17.8. The Morgan fingerprint density at radius 1 is 1.32 bits per heavy atom. The van der Waals surface area contributed by atoms with E-state index in [0.29, 0.717) is 5.96 Å². The lowest BCUT2D eigenvalue weighted by Crippen LogP contribution is -2.42. The van der Waals surface area contributed by atoms with Crippen LogP contribution in [-0.2, 0) is 9.53 Å². The van der Waals surface area contributed by atoms with Crippen LogP contribution in [0.15, 0.2) is 4.99 Å². The Morgan fingerprint density at radius 2 is 2.09 bits per heavy atom. The lowest BCUT2D eigenvalue weighted by atomic mass is 10.2. The van der Waals surface area contributed by atoms with Crippen LogP contribution >= 0.6 is 24.0 Å². The fraction of sp³-hybridized carbons (Fsp3) is 0.867. The van der Waals surface area contributed by atoms with Crippen LogP contribution in [0.25, 0.3) is 0 Å². The third-order valence-electron chi connectivity index (χ3n) is 3.47. The van der Waals surface area contributed by atoms with Crippen LogP contribution in [0.5, 0.6) is 0 Å². The molecular weight excluding hydrogens is 395 g/mol. The zero-order valence-corrected chi connectivity index (χ0v) is 16.4. The second kappa shape index (κ2) is 12.9. The number of nitrogens with zero attached hydrogens (tertiary/aromatic N) is 2. The summed E-state index contributed by atoms with van der Waals surface area (Å²) in [5, 5.41) is 6.56. The zero-order valence-electron chi connectivity index (χ0n) is 14.1. The molecule has 1 amide bonds. The van der Waals surface area contributed by atoms with E-state index in [1.54, 1.807) is 19.0 Å². The van der Waals surface area contributed by atoms with Gasteiger partial charge in [0.15, 0.2) is 5.96 Å². The monoisotopic (exact) mass is 426 g/mol. The first kappa shape index (κ1) is 21.4. The van der Waals surface area contributed by atoms with E-state index in [4.69, 9.17) is 4.74 Å². The van der Waals surface area contributed by atoms with Gasteiger partial charge in [0.1, 0.15) is 6.54 Å². The molecule has 0 radical (unpaired) electrons. The van der Waals surface area contributed by atoms with E-state index in [1.807, 2.05) is 0 Å². The highest BCUT2D eigenvalue weighted by Gasteiger charge is 2.15. The van der Waals surface area contributed by atoms with E-state index in [1.165, 1.54) is 12.8 Å². The standard InChI is InChI=1S/C15H30N4O2.HI/c1-4-5-6-9-16-15(18-12-14(20)19(2)3)17-11-13-8-7-10-21-13;/h13H,4-12H2,1-3H3,(H2,16,17,18);1H. The predicted molar refractivity (Wildman–Crippen MR) is 101 cm³/mol. The molecule has 0 aliphatic carbocycles. The van der Waals surface area contributed by atoms with Crippen molar-refractivity contribution in [1.82, 2.24) is 15.5 Å². The maximum atomic E-state index is 11.6. The van der Waals surface area contributed by atoms with Crippen LogP contribution in [-0.4, -0.2) is 63.2 Å². The molecule has 2 N–H and O–H groups in total. The lowest BCUT2D eigenvalue weighted by Gasteiger charge is -2.16. The third kappa shape index (κ3) is 9.45. The summed E-state index contributed by atoms with van der Waals surface area (Å²) < 4.78 is 5.59. The molecule has 1 aliphatic rings. The first-order valence-corrected chi connectivity index (χ1v) is 7.97. The number of nitrogens with one attached hydrogen (secondary N) is 2. The first-order valence-electron chi connectivity index (χ1n) is 7.97. The summed E-state index contributed by atoms with van der Waals surface area (Å²) in [5.41, 5.74) is 0. The molecule has 0 aromatic carbocycles. The summed E-state index contributed by atoms with van der Waals surface area (Å²) in [6.45, 7) is 4.82. The van der Waals surface area contributed by atoms with E-state index in [2.05, 4.69) is 22.5 Å². The second-order valence-electron chi connectivity index (χ2n) is 5.60. The van der Waals surface area contributed by atoms with Gasteiger partial charge in [-0.15, -0.1) is 24.0 Å². The number of halogens is 1. The van der Waals surface area contributed by atoms with E-state index in [9.17, 15) is 4.79 Å². The number of unbranched alkanes of at least 4 members (excludes halogenated alkanes) is 2. The fourth-order valence-electron chi connectivity index (χ4n) is 2.06. The molecule has 1 unspecified atom stereocenters. The molecule has 130 valence electrons. The number of likely N-dealkylation sites (N-methyl/N-ethyl adjacent to an activating group) is 1. The number of aliphatic imine (C=N–C) groups is 1. The molecule has 0 aromatic heterocycles. The summed E-state index contributed by atoms with van der Waals surface area (Å²) in [6.07, 6.45) is 5.98. The number of carbonyl (C=O) groups is 1. The Hall–Kier alpha value is -0.570. The number of guanidine groups is 1. The van der Waals surface area contributed by atoms with Crippen molar-refractivity contribution < 1.29 is 9.53 Å². The van der Waals surface area contributed by atoms with Gasteiger partial charge < -0.3 is 20.3 Å². The zero-order chi connectivity index (χ0) is 15.5. The Labute approximate surface area is 151 Å². The van der Waals surface area contributed by atoms with Gasteiger partial charge in [0.2, 0.25) is 5.91 Å². The topological polar surface area (TPSA) is 66.0 Å². The Morgan fingerprint density at radius 3 is 2.68 bits per heavy atom. The molecule has 1 heterocycles. The molecule has 1 rings (SSSR count). The maximum Gasteiger partial charge on any atom is 0.243 e. The Balaban J connectivity index is 0.00000441. The van der Waals surface area contributed by atoms with Crippen molar-refractivity contribution in [2.75, 3.05) is 40.3 Å². The summed E-state index contributed by atoms with van der Waals surface area (Å²) in [6, 6.07) is 0. The minimum Gasteiger partial charge on any atom is -0.376 e. The smallest absolute Gasteiger partial charge is 0.243 e. The molecule has 0 aromatic rings. The highest BCUT2D eigenvalue weighted by Crippen LogP contribution is 2.10.